The Morgan fingerprint density at radius 2 is 2.00 bits per heavy atom. The van der Waals surface area contributed by atoms with Crippen LogP contribution in [0.2, 0.25) is 0 Å². The minimum absolute atomic E-state index is 0.0760. The summed E-state index contributed by atoms with van der Waals surface area (Å²) in [5, 5.41) is 23.7. The Bertz CT molecular complexity index is 434. The number of nitro benzene ring substituents is 1. The Morgan fingerprint density at radius 3 is 2.47 bits per heavy atom. The van der Waals surface area contributed by atoms with E-state index in [1.807, 2.05) is 13.8 Å². The number of hydrogen-bond donors (Lipinski definition) is 2. The molecule has 0 saturated heterocycles. The van der Waals surface area contributed by atoms with E-state index in [0.29, 0.717) is 17.8 Å². The molecule has 1 aromatic rings. The van der Waals surface area contributed by atoms with Crippen molar-refractivity contribution in [2.24, 2.45) is 5.41 Å². The lowest BCUT2D eigenvalue weighted by Crippen LogP contribution is -2.32. The molecule has 0 saturated carbocycles. The van der Waals surface area contributed by atoms with Crippen LogP contribution >= 0.6 is 0 Å². The summed E-state index contributed by atoms with van der Waals surface area (Å²) < 4.78 is 0. The molecule has 19 heavy (non-hydrogen) atoms. The van der Waals surface area contributed by atoms with Crippen molar-refractivity contribution in [1.29, 1.82) is 0 Å². The highest BCUT2D eigenvalue weighted by Crippen LogP contribution is 2.31. The van der Waals surface area contributed by atoms with Crippen LogP contribution in [0.15, 0.2) is 18.2 Å². The zero-order valence-corrected chi connectivity index (χ0v) is 11.8. The number of hydrogen-bond acceptors (Lipinski definition) is 4. The monoisotopic (exact) mass is 266 g/mol. The van der Waals surface area contributed by atoms with Crippen LogP contribution in [0.25, 0.3) is 0 Å². The van der Waals surface area contributed by atoms with Crippen LogP contribution in [0.1, 0.15) is 32.3 Å². The number of aliphatic hydroxyl groups excluding tert-OH is 1. The summed E-state index contributed by atoms with van der Waals surface area (Å²) in [4.78, 5) is 10.7. The van der Waals surface area contributed by atoms with Crippen molar-refractivity contribution in [3.8, 4) is 0 Å². The quantitative estimate of drug-likeness (QED) is 0.587. The fourth-order valence-electron chi connectivity index (χ4n) is 2.11. The summed E-state index contributed by atoms with van der Waals surface area (Å²) in [5.74, 6) is 0. The van der Waals surface area contributed by atoms with E-state index < -0.39 is 0 Å². The smallest absolute Gasteiger partial charge is 0.295 e. The average Bonchev–Trinajstić information content (AvgIpc) is 2.40. The number of benzene rings is 1. The molecule has 0 unspecified atom stereocenters. The van der Waals surface area contributed by atoms with Crippen molar-refractivity contribution in [3.05, 3.63) is 33.9 Å². The van der Waals surface area contributed by atoms with E-state index in [2.05, 4.69) is 5.32 Å². The number of nitrogens with zero attached hydrogens (tertiary/aromatic N) is 1. The van der Waals surface area contributed by atoms with Crippen LogP contribution in [-0.4, -0.2) is 23.2 Å². The summed E-state index contributed by atoms with van der Waals surface area (Å²) >= 11 is 0. The van der Waals surface area contributed by atoms with Gasteiger partial charge in [-0.2, -0.15) is 0 Å². The molecule has 2 N–H and O–H groups in total. The number of rotatable bonds is 7. The van der Waals surface area contributed by atoms with Crippen molar-refractivity contribution in [2.75, 3.05) is 18.5 Å². The third-order valence-electron chi connectivity index (χ3n) is 3.91. The normalized spacial score (nSPS) is 11.4. The Balaban J connectivity index is 2.95. The van der Waals surface area contributed by atoms with E-state index in [9.17, 15) is 15.2 Å². The second-order valence-electron chi connectivity index (χ2n) is 4.95. The largest absolute Gasteiger partial charge is 0.396 e. The summed E-state index contributed by atoms with van der Waals surface area (Å²) in [5.41, 5.74) is 1.04. The van der Waals surface area contributed by atoms with Gasteiger partial charge in [0, 0.05) is 17.5 Å². The first-order chi connectivity index (χ1) is 8.99. The topological polar surface area (TPSA) is 75.4 Å². The molecule has 5 nitrogen and oxygen atoms in total. The molecular formula is C14H22N2O3. The third-order valence-corrected chi connectivity index (χ3v) is 3.91. The summed E-state index contributed by atoms with van der Waals surface area (Å²) in [6.45, 7) is 6.37. The Morgan fingerprint density at radius 1 is 1.37 bits per heavy atom. The van der Waals surface area contributed by atoms with Crippen LogP contribution < -0.4 is 5.32 Å². The molecule has 0 aliphatic carbocycles. The van der Waals surface area contributed by atoms with Gasteiger partial charge in [-0.05, 0) is 25.8 Å². The van der Waals surface area contributed by atoms with Gasteiger partial charge in [-0.15, -0.1) is 0 Å². The van der Waals surface area contributed by atoms with Gasteiger partial charge in [0.25, 0.3) is 5.69 Å². The molecule has 0 radical (unpaired) electrons. The highest BCUT2D eigenvalue weighted by molar-refractivity contribution is 5.65. The fourth-order valence-corrected chi connectivity index (χ4v) is 2.11. The highest BCUT2D eigenvalue weighted by atomic mass is 16.6. The molecule has 0 fully saturated rings. The summed E-state index contributed by atoms with van der Waals surface area (Å²) in [7, 11) is 0. The first-order valence-corrected chi connectivity index (χ1v) is 6.58. The average molecular weight is 266 g/mol. The van der Waals surface area contributed by atoms with E-state index in [4.69, 9.17) is 0 Å². The van der Waals surface area contributed by atoms with Gasteiger partial charge in [-0.25, -0.2) is 0 Å². The molecule has 0 heterocycles. The number of aliphatic hydroxyl groups is 1. The van der Waals surface area contributed by atoms with Crippen LogP contribution in [0.3, 0.4) is 0 Å². The van der Waals surface area contributed by atoms with Gasteiger partial charge in [-0.1, -0.05) is 26.0 Å². The standard InChI is InChI=1S/C14H22N2O3/c1-4-14(5-2,10-17)9-15-12-8-6-7-11(3)13(12)16(18)19/h6-8,15,17H,4-5,9-10H2,1-3H3. The van der Waals surface area contributed by atoms with Crippen molar-refractivity contribution < 1.29 is 10.0 Å². The minimum Gasteiger partial charge on any atom is -0.396 e. The number of anilines is 1. The summed E-state index contributed by atoms with van der Waals surface area (Å²) in [6.07, 6.45) is 1.65. The van der Waals surface area contributed by atoms with Crippen LogP contribution in [0, 0.1) is 22.5 Å². The van der Waals surface area contributed by atoms with E-state index >= 15 is 0 Å². The third kappa shape index (κ3) is 3.44. The SMILES string of the molecule is CCC(CC)(CO)CNc1cccc(C)c1[N+](=O)[O-]. The van der Waals surface area contributed by atoms with Crippen LogP contribution in [0.4, 0.5) is 11.4 Å². The maximum atomic E-state index is 11.1. The van der Waals surface area contributed by atoms with Gasteiger partial charge >= 0.3 is 0 Å². The summed E-state index contributed by atoms with van der Waals surface area (Å²) in [6, 6.07) is 5.23. The lowest BCUT2D eigenvalue weighted by atomic mass is 9.83. The Labute approximate surface area is 113 Å². The lowest BCUT2D eigenvalue weighted by molar-refractivity contribution is -0.384. The molecule has 1 rings (SSSR count). The number of aryl methyl sites for hydroxylation is 1. The van der Waals surface area contributed by atoms with Crippen molar-refractivity contribution in [3.63, 3.8) is 0 Å². The molecular weight excluding hydrogens is 244 g/mol. The van der Waals surface area contributed by atoms with Crippen molar-refractivity contribution in [2.45, 2.75) is 33.6 Å². The lowest BCUT2D eigenvalue weighted by Gasteiger charge is -2.30. The Kier molecular flexibility index (Phi) is 5.30. The first-order valence-electron chi connectivity index (χ1n) is 6.58. The zero-order chi connectivity index (χ0) is 14.5. The number of nitrogens with one attached hydrogen (secondary N) is 1. The van der Waals surface area contributed by atoms with Gasteiger partial charge in [0.15, 0.2) is 0 Å². The highest BCUT2D eigenvalue weighted by Gasteiger charge is 2.26. The van der Waals surface area contributed by atoms with Gasteiger partial charge in [0.1, 0.15) is 5.69 Å². The van der Waals surface area contributed by atoms with Gasteiger partial charge in [0.2, 0.25) is 0 Å². The van der Waals surface area contributed by atoms with Gasteiger partial charge in [-0.3, -0.25) is 10.1 Å². The molecule has 0 aliphatic heterocycles. The van der Waals surface area contributed by atoms with Crippen molar-refractivity contribution >= 4 is 11.4 Å². The van der Waals surface area contributed by atoms with Gasteiger partial charge in [0.05, 0.1) is 11.5 Å². The van der Waals surface area contributed by atoms with E-state index in [1.165, 1.54) is 0 Å². The number of para-hydroxylation sites is 1. The predicted octanol–water partition coefficient (Wildman–Crippen LogP) is 3.11. The Hall–Kier alpha value is -1.62. The molecule has 0 aliphatic rings. The minimum atomic E-state index is -0.365. The van der Waals surface area contributed by atoms with Gasteiger partial charge < -0.3 is 10.4 Å². The first kappa shape index (κ1) is 15.4. The maximum Gasteiger partial charge on any atom is 0.295 e. The molecule has 5 heteroatoms. The molecule has 0 spiro atoms. The second kappa shape index (κ2) is 6.52. The fraction of sp³-hybridized carbons (Fsp3) is 0.571. The van der Waals surface area contributed by atoms with E-state index in [0.717, 1.165) is 12.8 Å². The van der Waals surface area contributed by atoms with Crippen LogP contribution in [-0.2, 0) is 0 Å². The molecule has 1 aromatic carbocycles. The molecule has 0 bridgehead atoms. The second-order valence-corrected chi connectivity index (χ2v) is 4.95. The van der Waals surface area contributed by atoms with Crippen molar-refractivity contribution in [1.82, 2.24) is 0 Å². The molecule has 0 atom stereocenters. The van der Waals surface area contributed by atoms with E-state index in [1.54, 1.807) is 25.1 Å². The molecule has 0 amide bonds. The molecule has 0 aromatic heterocycles. The number of nitro groups is 1. The predicted molar refractivity (Wildman–Crippen MR) is 76.4 cm³/mol. The van der Waals surface area contributed by atoms with E-state index in [-0.39, 0.29) is 22.6 Å². The van der Waals surface area contributed by atoms with Crippen LogP contribution in [0.5, 0.6) is 0 Å². The maximum absolute atomic E-state index is 11.1. The molecule has 106 valence electrons. The zero-order valence-electron chi connectivity index (χ0n) is 11.8.